The number of hydrogen-bond acceptors (Lipinski definition) is 2. The van der Waals surface area contributed by atoms with Crippen LogP contribution in [0.1, 0.15) is 13.2 Å². The lowest BCUT2D eigenvalue weighted by Crippen LogP contribution is -2.37. The second-order valence-electron chi connectivity index (χ2n) is 2.03. The summed E-state index contributed by atoms with van der Waals surface area (Å²) in [4.78, 5) is 3.89. The Morgan fingerprint density at radius 2 is 2.00 bits per heavy atom. The Morgan fingerprint density at radius 3 is 2.50 bits per heavy atom. The third kappa shape index (κ3) is 1.51. The summed E-state index contributed by atoms with van der Waals surface area (Å²) >= 11 is 0. The van der Waals surface area contributed by atoms with Crippen molar-refractivity contribution in [3.63, 3.8) is 0 Å². The zero-order valence-electron chi connectivity index (χ0n) is 6.19. The molecule has 10 heavy (non-hydrogen) atoms. The molecular formula is C7H11N2O+. The highest BCUT2D eigenvalue weighted by molar-refractivity contribution is 4.63. The Balaban J connectivity index is 2.75. The number of rotatable bonds is 2. The van der Waals surface area contributed by atoms with Gasteiger partial charge in [-0.15, -0.1) is 0 Å². The third-order valence-corrected chi connectivity index (χ3v) is 1.41. The van der Waals surface area contributed by atoms with Crippen LogP contribution in [-0.2, 0) is 4.74 Å². The topological polar surface area (TPSA) is 26.0 Å². The number of methoxy groups -OCH3 is 1. The second kappa shape index (κ2) is 3.27. The molecule has 3 nitrogen and oxygen atoms in total. The minimum Gasteiger partial charge on any atom is -0.324 e. The first-order valence-corrected chi connectivity index (χ1v) is 3.18. The second-order valence-corrected chi connectivity index (χ2v) is 2.03. The highest BCUT2D eigenvalue weighted by atomic mass is 16.5. The molecule has 1 aromatic rings. The quantitative estimate of drug-likeness (QED) is 0.559. The van der Waals surface area contributed by atoms with Gasteiger partial charge in [0.1, 0.15) is 0 Å². The molecule has 1 unspecified atom stereocenters. The summed E-state index contributed by atoms with van der Waals surface area (Å²) in [7, 11) is 1.68. The van der Waals surface area contributed by atoms with E-state index in [1.165, 1.54) is 0 Å². The van der Waals surface area contributed by atoms with Crippen LogP contribution in [-0.4, -0.2) is 12.1 Å². The van der Waals surface area contributed by atoms with E-state index < -0.39 is 0 Å². The van der Waals surface area contributed by atoms with Gasteiger partial charge in [-0.1, -0.05) is 0 Å². The average Bonchev–Trinajstić information content (AvgIpc) is 2.05. The smallest absolute Gasteiger partial charge is 0.259 e. The van der Waals surface area contributed by atoms with E-state index in [9.17, 15) is 0 Å². The van der Waals surface area contributed by atoms with Gasteiger partial charge < -0.3 is 4.74 Å². The molecule has 0 radical (unpaired) electrons. The number of hydrogen-bond donors (Lipinski definition) is 0. The number of aromatic nitrogens is 2. The third-order valence-electron chi connectivity index (χ3n) is 1.41. The Bertz CT molecular complexity index is 188. The Morgan fingerprint density at radius 1 is 1.40 bits per heavy atom. The molecule has 54 valence electrons. The van der Waals surface area contributed by atoms with Crippen molar-refractivity contribution in [2.24, 2.45) is 0 Å². The van der Waals surface area contributed by atoms with E-state index in [0.717, 1.165) is 0 Å². The molecule has 0 aliphatic heterocycles. The maximum atomic E-state index is 5.07. The van der Waals surface area contributed by atoms with Crippen molar-refractivity contribution in [2.75, 3.05) is 7.11 Å². The molecule has 1 heterocycles. The first-order chi connectivity index (χ1) is 4.84. The molecule has 0 aromatic carbocycles. The van der Waals surface area contributed by atoms with E-state index >= 15 is 0 Å². The van der Waals surface area contributed by atoms with Crippen molar-refractivity contribution < 1.29 is 9.30 Å². The summed E-state index contributed by atoms with van der Waals surface area (Å²) in [6.07, 6.45) is 7.29. The van der Waals surface area contributed by atoms with Gasteiger partial charge in [-0.05, 0) is 0 Å². The van der Waals surface area contributed by atoms with Gasteiger partial charge in [-0.3, -0.25) is 4.98 Å². The van der Waals surface area contributed by atoms with Crippen molar-refractivity contribution in [2.45, 2.75) is 13.2 Å². The van der Waals surface area contributed by atoms with Gasteiger partial charge in [-0.2, -0.15) is 4.57 Å². The van der Waals surface area contributed by atoms with E-state index in [1.807, 2.05) is 23.9 Å². The molecule has 3 heteroatoms. The van der Waals surface area contributed by atoms with Gasteiger partial charge in [0, 0.05) is 14.0 Å². The van der Waals surface area contributed by atoms with Gasteiger partial charge in [0.15, 0.2) is 12.4 Å². The molecule has 0 saturated heterocycles. The first-order valence-electron chi connectivity index (χ1n) is 3.18. The number of ether oxygens (including phenoxy) is 1. The molecule has 0 N–H and O–H groups in total. The predicted molar refractivity (Wildman–Crippen MR) is 36.2 cm³/mol. The van der Waals surface area contributed by atoms with E-state index in [4.69, 9.17) is 4.74 Å². The normalized spacial score (nSPS) is 13.0. The summed E-state index contributed by atoms with van der Waals surface area (Å²) in [5, 5.41) is 0. The molecule has 0 aliphatic carbocycles. The van der Waals surface area contributed by atoms with Crippen LogP contribution < -0.4 is 4.57 Å². The molecule has 0 aliphatic rings. The Hall–Kier alpha value is -0.960. The molecule has 0 fully saturated rings. The standard InChI is InChI=1S/C7H11N2O/c1-7(10-2)9-5-3-8-4-6-9/h3-7H,1-2H3/q+1. The highest BCUT2D eigenvalue weighted by Gasteiger charge is 2.07. The fourth-order valence-electron chi connectivity index (χ4n) is 0.694. The first kappa shape index (κ1) is 7.15. The minimum atomic E-state index is 0.0861. The minimum absolute atomic E-state index is 0.0861. The SMILES string of the molecule is COC(C)[n+]1ccncc1. The summed E-state index contributed by atoms with van der Waals surface area (Å²) in [5.41, 5.74) is 0. The van der Waals surface area contributed by atoms with Crippen LogP contribution in [0.15, 0.2) is 24.8 Å². The van der Waals surface area contributed by atoms with Crippen molar-refractivity contribution in [1.29, 1.82) is 0 Å². The lowest BCUT2D eigenvalue weighted by Gasteiger charge is -2.01. The van der Waals surface area contributed by atoms with Crippen LogP contribution in [0.3, 0.4) is 0 Å². The van der Waals surface area contributed by atoms with Gasteiger partial charge in [0.2, 0.25) is 0 Å². The molecule has 0 amide bonds. The largest absolute Gasteiger partial charge is 0.324 e. The molecule has 1 rings (SSSR count). The fourth-order valence-corrected chi connectivity index (χ4v) is 0.694. The van der Waals surface area contributed by atoms with Crippen molar-refractivity contribution in [3.8, 4) is 0 Å². The maximum absolute atomic E-state index is 5.07. The molecule has 1 atom stereocenters. The lowest BCUT2D eigenvalue weighted by atomic mass is 10.6. The van der Waals surface area contributed by atoms with Crippen LogP contribution in [0.4, 0.5) is 0 Å². The van der Waals surface area contributed by atoms with Crippen molar-refractivity contribution in [1.82, 2.24) is 4.98 Å². The van der Waals surface area contributed by atoms with Crippen molar-refractivity contribution in [3.05, 3.63) is 24.8 Å². The highest BCUT2D eigenvalue weighted by Crippen LogP contribution is 1.90. The maximum Gasteiger partial charge on any atom is 0.259 e. The molecule has 0 saturated carbocycles. The summed E-state index contributed by atoms with van der Waals surface area (Å²) < 4.78 is 7.01. The van der Waals surface area contributed by atoms with E-state index in [1.54, 1.807) is 19.5 Å². The van der Waals surface area contributed by atoms with Crippen LogP contribution in [0, 0.1) is 0 Å². The predicted octanol–water partition coefficient (Wildman–Crippen LogP) is 0.534. The fraction of sp³-hybridized carbons (Fsp3) is 0.429. The zero-order valence-corrected chi connectivity index (χ0v) is 6.19. The molecule has 0 bridgehead atoms. The van der Waals surface area contributed by atoms with Crippen LogP contribution in [0.5, 0.6) is 0 Å². The summed E-state index contributed by atoms with van der Waals surface area (Å²) in [5.74, 6) is 0. The van der Waals surface area contributed by atoms with Crippen LogP contribution in [0.2, 0.25) is 0 Å². The Kier molecular flexibility index (Phi) is 2.34. The van der Waals surface area contributed by atoms with Crippen LogP contribution in [0.25, 0.3) is 0 Å². The zero-order chi connectivity index (χ0) is 7.40. The van der Waals surface area contributed by atoms with E-state index in [2.05, 4.69) is 4.98 Å². The van der Waals surface area contributed by atoms with Gasteiger partial charge in [0.05, 0.1) is 12.4 Å². The van der Waals surface area contributed by atoms with E-state index in [-0.39, 0.29) is 6.23 Å². The van der Waals surface area contributed by atoms with Crippen molar-refractivity contribution >= 4 is 0 Å². The Labute approximate surface area is 60.3 Å². The van der Waals surface area contributed by atoms with Gasteiger partial charge in [0.25, 0.3) is 6.23 Å². The monoisotopic (exact) mass is 139 g/mol. The lowest BCUT2D eigenvalue weighted by molar-refractivity contribution is -0.757. The van der Waals surface area contributed by atoms with E-state index in [0.29, 0.717) is 0 Å². The van der Waals surface area contributed by atoms with Crippen LogP contribution >= 0.6 is 0 Å². The average molecular weight is 139 g/mol. The molecular weight excluding hydrogens is 128 g/mol. The summed E-state index contributed by atoms with van der Waals surface area (Å²) in [6.45, 7) is 1.97. The summed E-state index contributed by atoms with van der Waals surface area (Å²) in [6, 6.07) is 0. The van der Waals surface area contributed by atoms with Gasteiger partial charge in [-0.25, -0.2) is 0 Å². The molecule has 0 spiro atoms. The van der Waals surface area contributed by atoms with Gasteiger partial charge >= 0.3 is 0 Å². The number of nitrogens with zero attached hydrogens (tertiary/aromatic N) is 2. The molecule has 1 aromatic heterocycles.